The topological polar surface area (TPSA) is 51.0 Å². The Labute approximate surface area is 185 Å². The molecule has 0 bridgehead atoms. The third-order valence-electron chi connectivity index (χ3n) is 6.15. The smallest absolute Gasteiger partial charge is 0.233 e. The maximum Gasteiger partial charge on any atom is 0.233 e. The second-order valence-electron chi connectivity index (χ2n) is 8.33. The SMILES string of the molecule is CC1CCN(C(=O)CSc2nnc(-c3cccc(Br)c3)n2C2CCCCC2)CC1. The van der Waals surface area contributed by atoms with Gasteiger partial charge in [0, 0.05) is 29.2 Å². The molecule has 0 radical (unpaired) electrons. The summed E-state index contributed by atoms with van der Waals surface area (Å²) in [6.45, 7) is 4.05. The van der Waals surface area contributed by atoms with Crippen molar-refractivity contribution in [3.63, 3.8) is 0 Å². The first-order chi connectivity index (χ1) is 14.1. The van der Waals surface area contributed by atoms with E-state index in [-0.39, 0.29) is 5.91 Å². The van der Waals surface area contributed by atoms with Gasteiger partial charge in [0.2, 0.25) is 5.91 Å². The predicted octanol–water partition coefficient (Wildman–Crippen LogP) is 5.56. The van der Waals surface area contributed by atoms with E-state index in [1.165, 1.54) is 19.3 Å². The lowest BCUT2D eigenvalue weighted by Gasteiger charge is -2.30. The molecule has 1 saturated carbocycles. The number of carbonyl (C=O) groups is 1. The van der Waals surface area contributed by atoms with Crippen molar-refractivity contribution in [2.45, 2.75) is 63.1 Å². The van der Waals surface area contributed by atoms with Crippen LogP contribution in [0, 0.1) is 5.92 Å². The number of thioether (sulfide) groups is 1. The highest BCUT2D eigenvalue weighted by molar-refractivity contribution is 9.10. The number of benzene rings is 1. The molecule has 1 aromatic heterocycles. The summed E-state index contributed by atoms with van der Waals surface area (Å²) in [5, 5.41) is 9.95. The molecule has 5 nitrogen and oxygen atoms in total. The van der Waals surface area contributed by atoms with E-state index in [0.717, 1.165) is 65.7 Å². The summed E-state index contributed by atoms with van der Waals surface area (Å²) >= 11 is 5.12. The molecule has 0 unspecified atom stereocenters. The number of amides is 1. The summed E-state index contributed by atoms with van der Waals surface area (Å²) in [6, 6.07) is 8.66. The van der Waals surface area contributed by atoms with Crippen molar-refractivity contribution in [1.29, 1.82) is 0 Å². The standard InChI is InChI=1S/C22H29BrN4OS/c1-16-10-12-26(13-11-16)20(28)15-29-22-25-24-21(17-6-5-7-18(23)14-17)27(22)19-8-3-2-4-9-19/h5-7,14,16,19H,2-4,8-13,15H2,1H3. The lowest BCUT2D eigenvalue weighted by atomic mass is 9.95. The van der Waals surface area contributed by atoms with Gasteiger partial charge in [0.25, 0.3) is 0 Å². The fourth-order valence-corrected chi connectivity index (χ4v) is 5.65. The number of carbonyl (C=O) groups excluding carboxylic acids is 1. The molecule has 4 rings (SSSR count). The molecule has 1 aromatic carbocycles. The first-order valence-corrected chi connectivity index (χ1v) is 12.5. The quantitative estimate of drug-likeness (QED) is 0.529. The Balaban J connectivity index is 1.54. The summed E-state index contributed by atoms with van der Waals surface area (Å²) in [6.07, 6.45) is 8.34. The molecule has 156 valence electrons. The van der Waals surface area contributed by atoms with Crippen molar-refractivity contribution in [1.82, 2.24) is 19.7 Å². The van der Waals surface area contributed by atoms with E-state index in [4.69, 9.17) is 0 Å². The highest BCUT2D eigenvalue weighted by Gasteiger charge is 2.26. The monoisotopic (exact) mass is 476 g/mol. The Bertz CT molecular complexity index is 841. The first kappa shape index (κ1) is 20.9. The van der Waals surface area contributed by atoms with Gasteiger partial charge in [-0.25, -0.2) is 0 Å². The van der Waals surface area contributed by atoms with E-state index in [1.54, 1.807) is 11.8 Å². The van der Waals surface area contributed by atoms with Gasteiger partial charge in [-0.1, -0.05) is 66.0 Å². The maximum absolute atomic E-state index is 12.7. The minimum Gasteiger partial charge on any atom is -0.342 e. The fourth-order valence-electron chi connectivity index (χ4n) is 4.34. The molecule has 1 aliphatic heterocycles. The van der Waals surface area contributed by atoms with Gasteiger partial charge < -0.3 is 4.90 Å². The lowest BCUT2D eigenvalue weighted by molar-refractivity contribution is -0.129. The van der Waals surface area contributed by atoms with Crippen LogP contribution in [0.4, 0.5) is 0 Å². The van der Waals surface area contributed by atoms with E-state index >= 15 is 0 Å². The van der Waals surface area contributed by atoms with Crippen molar-refractivity contribution in [2.75, 3.05) is 18.8 Å². The molecular weight excluding hydrogens is 448 g/mol. The Kier molecular flexibility index (Phi) is 6.96. The van der Waals surface area contributed by atoms with Crippen LogP contribution in [0.5, 0.6) is 0 Å². The van der Waals surface area contributed by atoms with Crippen molar-refractivity contribution >= 4 is 33.6 Å². The summed E-state index contributed by atoms with van der Waals surface area (Å²) in [7, 11) is 0. The summed E-state index contributed by atoms with van der Waals surface area (Å²) < 4.78 is 3.34. The molecule has 1 amide bonds. The van der Waals surface area contributed by atoms with E-state index in [1.807, 2.05) is 17.0 Å². The Morgan fingerprint density at radius 3 is 2.62 bits per heavy atom. The molecule has 2 heterocycles. The number of aromatic nitrogens is 3. The Morgan fingerprint density at radius 1 is 1.14 bits per heavy atom. The molecule has 2 fully saturated rings. The number of likely N-dealkylation sites (tertiary alicyclic amines) is 1. The van der Waals surface area contributed by atoms with Gasteiger partial charge in [-0.3, -0.25) is 9.36 Å². The zero-order chi connectivity index (χ0) is 20.2. The van der Waals surface area contributed by atoms with Crippen LogP contribution in [-0.2, 0) is 4.79 Å². The fraction of sp³-hybridized carbons (Fsp3) is 0.591. The second kappa shape index (κ2) is 9.65. The molecule has 2 aliphatic rings. The summed E-state index contributed by atoms with van der Waals surface area (Å²) in [4.78, 5) is 14.7. The van der Waals surface area contributed by atoms with Gasteiger partial charge >= 0.3 is 0 Å². The van der Waals surface area contributed by atoms with Gasteiger partial charge in [-0.2, -0.15) is 0 Å². The van der Waals surface area contributed by atoms with Crippen LogP contribution < -0.4 is 0 Å². The van der Waals surface area contributed by atoms with Crippen LogP contribution in [0.15, 0.2) is 33.9 Å². The summed E-state index contributed by atoms with van der Waals surface area (Å²) in [5.41, 5.74) is 1.07. The van der Waals surface area contributed by atoms with Crippen LogP contribution in [0.25, 0.3) is 11.4 Å². The third kappa shape index (κ3) is 5.05. The van der Waals surface area contributed by atoms with Crippen molar-refractivity contribution < 1.29 is 4.79 Å². The molecular formula is C22H29BrN4OS. The molecule has 7 heteroatoms. The predicted molar refractivity (Wildman–Crippen MR) is 121 cm³/mol. The van der Waals surface area contributed by atoms with Crippen LogP contribution in [0.2, 0.25) is 0 Å². The normalized spacial score (nSPS) is 18.9. The minimum absolute atomic E-state index is 0.226. The number of halogens is 1. The maximum atomic E-state index is 12.7. The molecule has 0 atom stereocenters. The van der Waals surface area contributed by atoms with Crippen LogP contribution >= 0.6 is 27.7 Å². The first-order valence-electron chi connectivity index (χ1n) is 10.7. The van der Waals surface area contributed by atoms with E-state index in [9.17, 15) is 4.79 Å². The minimum atomic E-state index is 0.226. The van der Waals surface area contributed by atoms with Gasteiger partial charge in [-0.05, 0) is 43.7 Å². The lowest BCUT2D eigenvalue weighted by Crippen LogP contribution is -2.39. The van der Waals surface area contributed by atoms with Crippen LogP contribution in [0.1, 0.15) is 57.9 Å². The molecule has 0 spiro atoms. The van der Waals surface area contributed by atoms with Gasteiger partial charge in [0.1, 0.15) is 0 Å². The van der Waals surface area contributed by atoms with E-state index in [0.29, 0.717) is 11.8 Å². The van der Waals surface area contributed by atoms with E-state index < -0.39 is 0 Å². The largest absolute Gasteiger partial charge is 0.342 e. The molecule has 0 N–H and O–H groups in total. The number of hydrogen-bond donors (Lipinski definition) is 0. The van der Waals surface area contributed by atoms with Gasteiger partial charge in [-0.15, -0.1) is 10.2 Å². The Morgan fingerprint density at radius 2 is 1.90 bits per heavy atom. The Hall–Kier alpha value is -1.34. The van der Waals surface area contributed by atoms with Crippen molar-refractivity contribution in [3.05, 3.63) is 28.7 Å². The molecule has 1 saturated heterocycles. The van der Waals surface area contributed by atoms with E-state index in [2.05, 4.69) is 49.8 Å². The number of rotatable bonds is 5. The highest BCUT2D eigenvalue weighted by Crippen LogP contribution is 2.36. The number of nitrogens with zero attached hydrogens (tertiary/aromatic N) is 4. The van der Waals surface area contributed by atoms with Crippen molar-refractivity contribution in [2.24, 2.45) is 5.92 Å². The zero-order valence-electron chi connectivity index (χ0n) is 17.0. The second-order valence-corrected chi connectivity index (χ2v) is 10.2. The zero-order valence-corrected chi connectivity index (χ0v) is 19.4. The summed E-state index contributed by atoms with van der Waals surface area (Å²) in [5.74, 6) is 2.32. The van der Waals surface area contributed by atoms with Gasteiger partial charge in [0.05, 0.1) is 5.75 Å². The highest BCUT2D eigenvalue weighted by atomic mass is 79.9. The molecule has 2 aromatic rings. The van der Waals surface area contributed by atoms with Crippen LogP contribution in [0.3, 0.4) is 0 Å². The van der Waals surface area contributed by atoms with Crippen LogP contribution in [-0.4, -0.2) is 44.4 Å². The molecule has 1 aliphatic carbocycles. The van der Waals surface area contributed by atoms with Gasteiger partial charge in [0.15, 0.2) is 11.0 Å². The average Bonchev–Trinajstić information content (AvgIpc) is 3.17. The third-order valence-corrected chi connectivity index (χ3v) is 7.57. The number of piperidine rings is 1. The van der Waals surface area contributed by atoms with Crippen molar-refractivity contribution in [3.8, 4) is 11.4 Å². The average molecular weight is 477 g/mol. The number of hydrogen-bond acceptors (Lipinski definition) is 4. The molecule has 29 heavy (non-hydrogen) atoms.